The monoisotopic (exact) mass is 208 g/mol. The van der Waals surface area contributed by atoms with E-state index in [9.17, 15) is 0 Å². The zero-order valence-corrected chi connectivity index (χ0v) is 9.79. The molecule has 0 bridgehead atoms. The van der Waals surface area contributed by atoms with Gasteiger partial charge in [-0.25, -0.2) is 4.98 Å². The summed E-state index contributed by atoms with van der Waals surface area (Å²) in [4.78, 5) is 4.23. The van der Waals surface area contributed by atoms with Gasteiger partial charge in [0, 0.05) is 24.8 Å². The molecule has 15 heavy (non-hydrogen) atoms. The third kappa shape index (κ3) is 4.79. The summed E-state index contributed by atoms with van der Waals surface area (Å²) in [5.74, 6) is 0.713. The third-order valence-corrected chi connectivity index (χ3v) is 1.97. The molecule has 0 fully saturated rings. The Labute approximate surface area is 91.9 Å². The molecule has 0 aliphatic rings. The van der Waals surface area contributed by atoms with Crippen molar-refractivity contribution in [2.24, 2.45) is 0 Å². The lowest BCUT2D eigenvalue weighted by molar-refractivity contribution is 0.305. The number of hydrogen-bond donors (Lipinski definition) is 1. The number of rotatable bonds is 6. The van der Waals surface area contributed by atoms with Gasteiger partial charge in [-0.3, -0.25) is 0 Å². The van der Waals surface area contributed by atoms with Gasteiger partial charge in [-0.15, -0.1) is 0 Å². The summed E-state index contributed by atoms with van der Waals surface area (Å²) < 4.78 is 5.40. The van der Waals surface area contributed by atoms with Crippen molar-refractivity contribution in [2.75, 3.05) is 6.61 Å². The van der Waals surface area contributed by atoms with Crippen molar-refractivity contribution >= 4 is 0 Å². The Hall–Kier alpha value is -1.09. The average Bonchev–Trinajstić information content (AvgIpc) is 2.25. The van der Waals surface area contributed by atoms with E-state index in [1.165, 1.54) is 5.56 Å². The molecule has 1 N–H and O–H groups in total. The summed E-state index contributed by atoms with van der Waals surface area (Å²) in [5.41, 5.74) is 1.19. The lowest BCUT2D eigenvalue weighted by atomic mass is 10.2. The van der Waals surface area contributed by atoms with Gasteiger partial charge in [0.2, 0.25) is 5.88 Å². The lowest BCUT2D eigenvalue weighted by Gasteiger charge is -2.08. The van der Waals surface area contributed by atoms with Crippen LogP contribution in [0.3, 0.4) is 0 Å². The Balaban J connectivity index is 2.41. The predicted octanol–water partition coefficient (Wildman–Crippen LogP) is 2.37. The van der Waals surface area contributed by atoms with E-state index in [1.807, 2.05) is 18.3 Å². The number of hydrogen-bond acceptors (Lipinski definition) is 3. The molecule has 3 heteroatoms. The summed E-state index contributed by atoms with van der Waals surface area (Å²) in [6.45, 7) is 7.94. The lowest BCUT2D eigenvalue weighted by Crippen LogP contribution is -2.21. The van der Waals surface area contributed by atoms with E-state index in [2.05, 4.69) is 31.1 Å². The van der Waals surface area contributed by atoms with Gasteiger partial charge in [-0.2, -0.15) is 0 Å². The molecule has 0 aliphatic heterocycles. The molecule has 84 valence electrons. The average molecular weight is 208 g/mol. The Morgan fingerprint density at radius 3 is 2.73 bits per heavy atom. The molecule has 0 atom stereocenters. The van der Waals surface area contributed by atoms with E-state index < -0.39 is 0 Å². The molecule has 0 aromatic carbocycles. The standard InChI is InChI=1S/C12H20N2O/c1-4-7-15-12-6-5-11(9-14-12)8-13-10(2)3/h5-6,9-10,13H,4,7-8H2,1-3H3. The molecule has 0 aliphatic carbocycles. The second-order valence-electron chi connectivity index (χ2n) is 3.89. The first-order chi connectivity index (χ1) is 7.22. The van der Waals surface area contributed by atoms with Crippen LogP contribution in [-0.4, -0.2) is 17.6 Å². The Bertz CT molecular complexity index is 269. The van der Waals surface area contributed by atoms with Gasteiger partial charge in [0.25, 0.3) is 0 Å². The van der Waals surface area contributed by atoms with E-state index in [1.54, 1.807) is 0 Å². The van der Waals surface area contributed by atoms with E-state index in [4.69, 9.17) is 4.74 Å². The maximum atomic E-state index is 5.40. The highest BCUT2D eigenvalue weighted by atomic mass is 16.5. The van der Waals surface area contributed by atoms with Crippen molar-refractivity contribution in [2.45, 2.75) is 39.8 Å². The van der Waals surface area contributed by atoms with Gasteiger partial charge in [0.1, 0.15) is 0 Å². The minimum atomic E-state index is 0.501. The van der Waals surface area contributed by atoms with E-state index in [-0.39, 0.29) is 0 Å². The largest absolute Gasteiger partial charge is 0.478 e. The Morgan fingerprint density at radius 1 is 1.40 bits per heavy atom. The first-order valence-corrected chi connectivity index (χ1v) is 5.53. The molecule has 1 rings (SSSR count). The van der Waals surface area contributed by atoms with Crippen LogP contribution >= 0.6 is 0 Å². The Morgan fingerprint density at radius 2 is 2.20 bits per heavy atom. The maximum Gasteiger partial charge on any atom is 0.213 e. The molecule has 0 spiro atoms. The number of pyridine rings is 1. The second kappa shape index (κ2) is 6.40. The fourth-order valence-electron chi connectivity index (χ4n) is 1.13. The number of nitrogens with one attached hydrogen (secondary N) is 1. The molecular formula is C12H20N2O. The topological polar surface area (TPSA) is 34.1 Å². The van der Waals surface area contributed by atoms with Crippen molar-refractivity contribution in [1.82, 2.24) is 10.3 Å². The highest BCUT2D eigenvalue weighted by molar-refractivity contribution is 5.17. The predicted molar refractivity (Wildman–Crippen MR) is 62.0 cm³/mol. The van der Waals surface area contributed by atoms with E-state index >= 15 is 0 Å². The molecule has 1 aromatic heterocycles. The van der Waals surface area contributed by atoms with Gasteiger partial charge < -0.3 is 10.1 Å². The van der Waals surface area contributed by atoms with Crippen LogP contribution in [-0.2, 0) is 6.54 Å². The SMILES string of the molecule is CCCOc1ccc(CNC(C)C)cn1. The first-order valence-electron chi connectivity index (χ1n) is 5.53. The first kappa shape index (κ1) is 12.0. The molecule has 0 amide bonds. The molecule has 1 aromatic rings. The molecule has 0 radical (unpaired) electrons. The van der Waals surface area contributed by atoms with Gasteiger partial charge >= 0.3 is 0 Å². The number of aromatic nitrogens is 1. The minimum Gasteiger partial charge on any atom is -0.478 e. The highest BCUT2D eigenvalue weighted by Crippen LogP contribution is 2.07. The van der Waals surface area contributed by atoms with Crippen LogP contribution < -0.4 is 10.1 Å². The second-order valence-corrected chi connectivity index (χ2v) is 3.89. The van der Waals surface area contributed by atoms with Crippen LogP contribution in [0.5, 0.6) is 5.88 Å². The third-order valence-electron chi connectivity index (χ3n) is 1.97. The molecular weight excluding hydrogens is 188 g/mol. The summed E-state index contributed by atoms with van der Waals surface area (Å²) in [5, 5.41) is 3.34. The molecule has 0 saturated heterocycles. The fraction of sp³-hybridized carbons (Fsp3) is 0.583. The summed E-state index contributed by atoms with van der Waals surface area (Å²) in [7, 11) is 0. The van der Waals surface area contributed by atoms with Crippen molar-refractivity contribution < 1.29 is 4.74 Å². The van der Waals surface area contributed by atoms with E-state index in [0.717, 1.165) is 19.6 Å². The molecule has 0 unspecified atom stereocenters. The zero-order chi connectivity index (χ0) is 11.1. The quantitative estimate of drug-likeness (QED) is 0.779. The summed E-state index contributed by atoms with van der Waals surface area (Å²) in [6.07, 6.45) is 2.87. The van der Waals surface area contributed by atoms with E-state index in [0.29, 0.717) is 11.9 Å². The number of nitrogens with zero attached hydrogens (tertiary/aromatic N) is 1. The van der Waals surface area contributed by atoms with Gasteiger partial charge in [-0.05, 0) is 12.0 Å². The van der Waals surface area contributed by atoms with Gasteiger partial charge in [0.05, 0.1) is 6.61 Å². The van der Waals surface area contributed by atoms with Crippen molar-refractivity contribution in [1.29, 1.82) is 0 Å². The number of ether oxygens (including phenoxy) is 1. The normalized spacial score (nSPS) is 10.7. The molecule has 3 nitrogen and oxygen atoms in total. The fourth-order valence-corrected chi connectivity index (χ4v) is 1.13. The van der Waals surface area contributed by atoms with Gasteiger partial charge in [-0.1, -0.05) is 26.8 Å². The van der Waals surface area contributed by atoms with Crippen LogP contribution in [0.15, 0.2) is 18.3 Å². The summed E-state index contributed by atoms with van der Waals surface area (Å²) >= 11 is 0. The Kier molecular flexibility index (Phi) is 5.12. The van der Waals surface area contributed by atoms with Crippen molar-refractivity contribution in [3.63, 3.8) is 0 Å². The van der Waals surface area contributed by atoms with Crippen LogP contribution in [0.1, 0.15) is 32.8 Å². The van der Waals surface area contributed by atoms with Crippen molar-refractivity contribution in [3.05, 3.63) is 23.9 Å². The summed E-state index contributed by atoms with van der Waals surface area (Å²) in [6, 6.07) is 4.47. The van der Waals surface area contributed by atoms with Gasteiger partial charge in [0.15, 0.2) is 0 Å². The molecule has 1 heterocycles. The van der Waals surface area contributed by atoms with Crippen LogP contribution in [0.25, 0.3) is 0 Å². The van der Waals surface area contributed by atoms with Crippen LogP contribution in [0.2, 0.25) is 0 Å². The molecule has 0 saturated carbocycles. The minimum absolute atomic E-state index is 0.501. The maximum absolute atomic E-state index is 5.40. The van der Waals surface area contributed by atoms with Crippen LogP contribution in [0.4, 0.5) is 0 Å². The van der Waals surface area contributed by atoms with Crippen molar-refractivity contribution in [3.8, 4) is 5.88 Å². The smallest absolute Gasteiger partial charge is 0.213 e. The van der Waals surface area contributed by atoms with Crippen LogP contribution in [0, 0.1) is 0 Å². The highest BCUT2D eigenvalue weighted by Gasteiger charge is 1.97. The zero-order valence-electron chi connectivity index (χ0n) is 9.79.